The summed E-state index contributed by atoms with van der Waals surface area (Å²) < 4.78 is 16.8. The van der Waals surface area contributed by atoms with Gasteiger partial charge >= 0.3 is 12.2 Å². The predicted molar refractivity (Wildman–Crippen MR) is 246 cm³/mol. The van der Waals surface area contributed by atoms with Gasteiger partial charge in [0.25, 0.3) is 5.91 Å². The molecular formula is C50H56N8O7. The maximum Gasteiger partial charge on any atom is 0.408 e. The lowest BCUT2D eigenvalue weighted by atomic mass is 9.92. The number of nitrogens with zero attached hydrogens (tertiary/aromatic N) is 4. The second-order valence-electron chi connectivity index (χ2n) is 18.7. The molecule has 2 saturated heterocycles. The van der Waals surface area contributed by atoms with E-state index in [2.05, 4.69) is 57.0 Å². The molecule has 338 valence electrons. The van der Waals surface area contributed by atoms with E-state index in [-0.39, 0.29) is 35.9 Å². The molecule has 0 radical (unpaired) electrons. The van der Waals surface area contributed by atoms with Crippen LogP contribution in [0.25, 0.3) is 44.2 Å². The number of ether oxygens (including phenoxy) is 3. The lowest BCUT2D eigenvalue weighted by Gasteiger charge is -2.32. The van der Waals surface area contributed by atoms with Gasteiger partial charge < -0.3 is 44.6 Å². The van der Waals surface area contributed by atoms with Crippen molar-refractivity contribution in [2.75, 3.05) is 13.7 Å². The van der Waals surface area contributed by atoms with Crippen molar-refractivity contribution in [3.63, 3.8) is 0 Å². The fourth-order valence-corrected chi connectivity index (χ4v) is 9.61. The molecule has 0 spiro atoms. The molecule has 0 aliphatic carbocycles. The maximum atomic E-state index is 14.4. The number of nitrogens with one attached hydrogen (secondary N) is 4. The number of carbonyl (C=O) groups is 4. The summed E-state index contributed by atoms with van der Waals surface area (Å²) in [5.74, 6) is 1.66. The van der Waals surface area contributed by atoms with Gasteiger partial charge in [0.2, 0.25) is 5.91 Å². The number of rotatable bonds is 9. The number of hydrogen-bond acceptors (Lipinski definition) is 9. The second-order valence-corrected chi connectivity index (χ2v) is 18.7. The van der Waals surface area contributed by atoms with Crippen LogP contribution >= 0.6 is 0 Å². The number of H-pyrrole nitrogens is 2. The van der Waals surface area contributed by atoms with Crippen LogP contribution in [0.1, 0.15) is 108 Å². The monoisotopic (exact) mass is 880 g/mol. The molecule has 5 heterocycles. The third-order valence-corrected chi connectivity index (χ3v) is 12.8. The van der Waals surface area contributed by atoms with Crippen LogP contribution in [0.3, 0.4) is 0 Å². The Labute approximate surface area is 377 Å². The standard InChI is InChI=1S/C50H56N8O7/c1-27(2)41(55-48(61)63-7)47(60)58-28(3)15-20-39(58)44-51-25-37(53-44)31-16-18-33-32(22-31)26-64-40-24-34-30(23-35(33)40)17-19-36-43(34)54-45(52-36)38-14-11-21-57(38)46(59)42(29-12-9-8-10-13-29)56-49(62)65-50(4,5)6/h8-10,12-13,16-19,22-25,27-28,38-39,41-42H,11,14-15,20-21,26H2,1-7H3,(H,51,53)(H,52,54)(H,55,61)(H,56,62)/t28-,38-,39-,41-,42?/m0/s1. The summed E-state index contributed by atoms with van der Waals surface area (Å²) >= 11 is 0. The molecule has 65 heavy (non-hydrogen) atoms. The summed E-state index contributed by atoms with van der Waals surface area (Å²) in [6.07, 6.45) is 3.61. The van der Waals surface area contributed by atoms with Gasteiger partial charge in [-0.25, -0.2) is 19.6 Å². The van der Waals surface area contributed by atoms with Crippen LogP contribution in [0, 0.1) is 5.92 Å². The molecule has 1 unspecified atom stereocenters. The first-order valence-corrected chi connectivity index (χ1v) is 22.5. The van der Waals surface area contributed by atoms with E-state index in [0.717, 1.165) is 81.2 Å². The molecule has 15 nitrogen and oxygen atoms in total. The highest BCUT2D eigenvalue weighted by Crippen LogP contribution is 2.44. The lowest BCUT2D eigenvalue weighted by molar-refractivity contribution is -0.137. The minimum Gasteiger partial charge on any atom is -0.488 e. The fourth-order valence-electron chi connectivity index (χ4n) is 9.61. The maximum absolute atomic E-state index is 14.4. The van der Waals surface area contributed by atoms with Crippen LogP contribution in [-0.2, 0) is 25.7 Å². The zero-order valence-corrected chi connectivity index (χ0v) is 37.9. The van der Waals surface area contributed by atoms with Crippen molar-refractivity contribution in [1.29, 1.82) is 0 Å². The zero-order valence-electron chi connectivity index (χ0n) is 37.9. The molecule has 2 aromatic heterocycles. The summed E-state index contributed by atoms with van der Waals surface area (Å²) in [7, 11) is 1.29. The van der Waals surface area contributed by atoms with Crippen LogP contribution in [0.2, 0.25) is 0 Å². The summed E-state index contributed by atoms with van der Waals surface area (Å²) in [6.45, 7) is 12.1. The van der Waals surface area contributed by atoms with Gasteiger partial charge in [-0.3, -0.25) is 9.59 Å². The molecule has 6 aromatic rings. The average Bonchev–Trinajstić information content (AvgIpc) is 4.12. The molecule has 3 aliphatic rings. The van der Waals surface area contributed by atoms with E-state index in [4.69, 9.17) is 24.2 Å². The van der Waals surface area contributed by atoms with E-state index < -0.39 is 29.9 Å². The SMILES string of the molecule is COC(=O)N[C@H](C(=O)N1[C@@H](C)CC[C@H]1c1ncc(-c2ccc3c(c2)COc2cc4c(ccc5nc([C@@H]6CCCN6C(=O)C(NC(=O)OC(C)(C)C)c6ccccc6)[nH]c54)cc2-3)[nH]1)C(C)C. The summed E-state index contributed by atoms with van der Waals surface area (Å²) in [6, 6.07) is 21.6. The first-order valence-electron chi connectivity index (χ1n) is 22.5. The first kappa shape index (κ1) is 43.4. The van der Waals surface area contributed by atoms with Gasteiger partial charge in [0.1, 0.15) is 41.7 Å². The third kappa shape index (κ3) is 8.47. The Morgan fingerprint density at radius 3 is 2.42 bits per heavy atom. The molecule has 15 heteroatoms. The van der Waals surface area contributed by atoms with Gasteiger partial charge in [-0.15, -0.1) is 0 Å². The molecular weight excluding hydrogens is 825 g/mol. The van der Waals surface area contributed by atoms with E-state index in [0.29, 0.717) is 30.4 Å². The van der Waals surface area contributed by atoms with Gasteiger partial charge in [-0.2, -0.15) is 0 Å². The lowest BCUT2D eigenvalue weighted by Crippen LogP contribution is -2.52. The highest BCUT2D eigenvalue weighted by Gasteiger charge is 2.42. The number of likely N-dealkylation sites (tertiary alicyclic amines) is 2. The number of amides is 4. The number of imidazole rings is 2. The summed E-state index contributed by atoms with van der Waals surface area (Å²) in [5.41, 5.74) is 6.49. The molecule has 2 fully saturated rings. The van der Waals surface area contributed by atoms with Crippen LogP contribution in [0.15, 0.2) is 79.0 Å². The van der Waals surface area contributed by atoms with Crippen LogP contribution in [-0.4, -0.2) is 85.1 Å². The number of hydrogen-bond donors (Lipinski definition) is 4. The Hall–Kier alpha value is -6.90. The number of methoxy groups -OCH3 is 1. The van der Waals surface area contributed by atoms with Crippen molar-refractivity contribution in [2.24, 2.45) is 5.92 Å². The van der Waals surface area contributed by atoms with Crippen molar-refractivity contribution < 1.29 is 33.4 Å². The van der Waals surface area contributed by atoms with Crippen LogP contribution in [0.4, 0.5) is 9.59 Å². The zero-order chi connectivity index (χ0) is 45.7. The highest BCUT2D eigenvalue weighted by molar-refractivity contribution is 6.07. The Kier molecular flexibility index (Phi) is 11.5. The van der Waals surface area contributed by atoms with Crippen molar-refractivity contribution in [3.05, 3.63) is 102 Å². The molecule has 9 rings (SSSR count). The number of aromatic nitrogens is 4. The number of carbonyl (C=O) groups excluding carboxylic acids is 4. The smallest absolute Gasteiger partial charge is 0.408 e. The van der Waals surface area contributed by atoms with Crippen molar-refractivity contribution in [1.82, 2.24) is 40.4 Å². The molecule has 0 saturated carbocycles. The number of aromatic amines is 2. The highest BCUT2D eigenvalue weighted by atomic mass is 16.6. The normalized spacial score (nSPS) is 19.1. The first-order chi connectivity index (χ1) is 31.2. The van der Waals surface area contributed by atoms with Crippen LogP contribution < -0.4 is 15.4 Å². The predicted octanol–water partition coefficient (Wildman–Crippen LogP) is 9.03. The van der Waals surface area contributed by atoms with Gasteiger partial charge in [0.15, 0.2) is 0 Å². The van der Waals surface area contributed by atoms with Gasteiger partial charge in [-0.1, -0.05) is 62.4 Å². The van der Waals surface area contributed by atoms with E-state index in [1.54, 1.807) is 20.8 Å². The summed E-state index contributed by atoms with van der Waals surface area (Å²) in [4.78, 5) is 73.9. The van der Waals surface area contributed by atoms with Crippen molar-refractivity contribution in [2.45, 2.75) is 110 Å². The largest absolute Gasteiger partial charge is 0.488 e. The fraction of sp³-hybridized carbons (Fsp3) is 0.400. The quantitative estimate of drug-likeness (QED) is 0.110. The Morgan fingerprint density at radius 1 is 0.862 bits per heavy atom. The van der Waals surface area contributed by atoms with E-state index >= 15 is 0 Å². The molecule has 3 aliphatic heterocycles. The van der Waals surface area contributed by atoms with Crippen molar-refractivity contribution in [3.8, 4) is 28.1 Å². The van der Waals surface area contributed by atoms with Gasteiger partial charge in [0.05, 0.1) is 42.1 Å². The number of alkyl carbamates (subject to hydrolysis) is 2. The minimum absolute atomic E-state index is 0.0203. The number of fused-ring (bicyclic) bond motifs is 6. The minimum atomic E-state index is -0.928. The van der Waals surface area contributed by atoms with Gasteiger partial charge in [-0.05, 0) is 111 Å². The Bertz CT molecular complexity index is 2790. The topological polar surface area (TPSA) is 184 Å². The average molecular weight is 881 g/mol. The Morgan fingerprint density at radius 2 is 1.66 bits per heavy atom. The molecule has 0 bridgehead atoms. The molecule has 5 atom stereocenters. The molecule has 4 aromatic carbocycles. The van der Waals surface area contributed by atoms with Gasteiger partial charge in [0, 0.05) is 23.5 Å². The summed E-state index contributed by atoms with van der Waals surface area (Å²) in [5, 5.41) is 7.55. The van der Waals surface area contributed by atoms with Crippen molar-refractivity contribution >= 4 is 45.8 Å². The third-order valence-electron chi connectivity index (χ3n) is 12.8. The Balaban J connectivity index is 0.957. The van der Waals surface area contributed by atoms with E-state index in [1.165, 1.54) is 7.11 Å². The number of benzene rings is 4. The molecule has 4 N–H and O–H groups in total. The van der Waals surface area contributed by atoms with Crippen LogP contribution in [0.5, 0.6) is 5.75 Å². The van der Waals surface area contributed by atoms with E-state index in [9.17, 15) is 19.2 Å². The van der Waals surface area contributed by atoms with E-state index in [1.807, 2.05) is 73.2 Å². The molecule has 4 amide bonds. The second kappa shape index (κ2) is 17.2.